The van der Waals surface area contributed by atoms with Crippen LogP contribution < -0.4 is 5.32 Å². The van der Waals surface area contributed by atoms with Gasteiger partial charge in [-0.05, 0) is 44.2 Å². The van der Waals surface area contributed by atoms with E-state index < -0.39 is 0 Å². The molecule has 0 bridgehead atoms. The topological polar surface area (TPSA) is 52.9 Å². The molecule has 1 aromatic heterocycles. The zero-order chi connectivity index (χ0) is 16.6. The summed E-state index contributed by atoms with van der Waals surface area (Å²) in [6.07, 6.45) is 2.49. The summed E-state index contributed by atoms with van der Waals surface area (Å²) in [7, 11) is 0. The van der Waals surface area contributed by atoms with Crippen molar-refractivity contribution in [2.45, 2.75) is 25.8 Å². The van der Waals surface area contributed by atoms with Gasteiger partial charge in [0.1, 0.15) is 0 Å². The highest BCUT2D eigenvalue weighted by Gasteiger charge is 2.29. The maximum atomic E-state index is 12.5. The molecule has 0 unspecified atom stereocenters. The first-order valence-electron chi connectivity index (χ1n) is 7.21. The van der Waals surface area contributed by atoms with Gasteiger partial charge in [-0.25, -0.2) is 0 Å². The van der Waals surface area contributed by atoms with Crippen LogP contribution in [0.2, 0.25) is 4.34 Å². The van der Waals surface area contributed by atoms with Crippen LogP contribution in [0.5, 0.6) is 0 Å². The first kappa shape index (κ1) is 15.8. The highest BCUT2D eigenvalue weighted by molar-refractivity contribution is 7.16. The fraction of sp³-hybridized carbons (Fsp3) is 0.222. The van der Waals surface area contributed by atoms with Crippen molar-refractivity contribution in [3.63, 3.8) is 0 Å². The number of hydrogen-bond acceptors (Lipinski definition) is 4. The number of fused-ring (bicyclic) bond motifs is 1. The second-order valence-corrected chi connectivity index (χ2v) is 7.95. The lowest BCUT2D eigenvalue weighted by atomic mass is 9.91. The van der Waals surface area contributed by atoms with Gasteiger partial charge < -0.3 is 5.32 Å². The Kier molecular flexibility index (Phi) is 4.01. The van der Waals surface area contributed by atoms with Crippen molar-refractivity contribution in [2.24, 2.45) is 0 Å². The van der Waals surface area contributed by atoms with E-state index in [2.05, 4.69) is 19.2 Å². The molecule has 0 radical (unpaired) electrons. The molecule has 0 saturated heterocycles. The Hall–Kier alpha value is -2.09. The third-order valence-electron chi connectivity index (χ3n) is 3.72. The van der Waals surface area contributed by atoms with E-state index in [0.717, 1.165) is 22.0 Å². The molecular formula is C18H15ClN2OS. The SMILES string of the molecule is CC1(C)Cc2sc(Cl)cc2C(=CC(=O)c2ccc(C#N)cc2)N1. The van der Waals surface area contributed by atoms with E-state index in [1.807, 2.05) is 12.1 Å². The number of halogens is 1. The van der Waals surface area contributed by atoms with Crippen molar-refractivity contribution in [3.05, 3.63) is 62.3 Å². The van der Waals surface area contributed by atoms with Crippen LogP contribution in [0.15, 0.2) is 36.4 Å². The van der Waals surface area contributed by atoms with Crippen molar-refractivity contribution in [3.8, 4) is 6.07 Å². The molecule has 0 saturated carbocycles. The molecule has 1 aliphatic rings. The molecule has 1 N–H and O–H groups in total. The number of benzene rings is 1. The molecule has 0 amide bonds. The van der Waals surface area contributed by atoms with Gasteiger partial charge in [0.25, 0.3) is 0 Å². The van der Waals surface area contributed by atoms with Crippen LogP contribution >= 0.6 is 22.9 Å². The average molecular weight is 343 g/mol. The lowest BCUT2D eigenvalue weighted by molar-refractivity contribution is 0.104. The van der Waals surface area contributed by atoms with Gasteiger partial charge in [0, 0.05) is 39.7 Å². The van der Waals surface area contributed by atoms with Crippen LogP contribution in [-0.4, -0.2) is 11.3 Å². The number of nitrogens with one attached hydrogen (secondary N) is 1. The molecule has 0 spiro atoms. The van der Waals surface area contributed by atoms with Gasteiger partial charge in [0.05, 0.1) is 16.0 Å². The molecule has 23 heavy (non-hydrogen) atoms. The summed E-state index contributed by atoms with van der Waals surface area (Å²) in [6, 6.07) is 10.6. The smallest absolute Gasteiger partial charge is 0.187 e. The minimum atomic E-state index is -0.127. The Labute approximate surface area is 144 Å². The van der Waals surface area contributed by atoms with E-state index >= 15 is 0 Å². The molecule has 0 fully saturated rings. The molecule has 0 aliphatic carbocycles. The molecule has 0 atom stereocenters. The number of nitriles is 1. The highest BCUT2D eigenvalue weighted by atomic mass is 35.5. The number of hydrogen-bond donors (Lipinski definition) is 1. The molecular weight excluding hydrogens is 328 g/mol. The van der Waals surface area contributed by atoms with E-state index in [1.54, 1.807) is 41.7 Å². The normalized spacial score (nSPS) is 17.2. The van der Waals surface area contributed by atoms with Crippen molar-refractivity contribution < 1.29 is 4.79 Å². The molecule has 116 valence electrons. The fourth-order valence-electron chi connectivity index (χ4n) is 2.67. The first-order chi connectivity index (χ1) is 10.9. The predicted molar refractivity (Wildman–Crippen MR) is 93.7 cm³/mol. The Balaban J connectivity index is 1.97. The Morgan fingerprint density at radius 2 is 2.09 bits per heavy atom. The van der Waals surface area contributed by atoms with Crippen LogP contribution in [0.4, 0.5) is 0 Å². The molecule has 5 heteroatoms. The van der Waals surface area contributed by atoms with Crippen LogP contribution in [0, 0.1) is 11.3 Å². The number of carbonyl (C=O) groups excluding carboxylic acids is 1. The third-order valence-corrected chi connectivity index (χ3v) is 4.98. The standard InChI is InChI=1S/C18H15ClN2OS/c1-18(2)9-16-13(7-17(19)23-16)14(21-18)8-15(22)12-5-3-11(10-20)4-6-12/h3-8,21H,9H2,1-2H3. The van der Waals surface area contributed by atoms with Crippen LogP contribution in [0.25, 0.3) is 5.70 Å². The summed E-state index contributed by atoms with van der Waals surface area (Å²) in [6.45, 7) is 4.20. The van der Waals surface area contributed by atoms with Crippen molar-refractivity contribution >= 4 is 34.4 Å². The second-order valence-electron chi connectivity index (χ2n) is 6.18. The average Bonchev–Trinajstić information content (AvgIpc) is 2.86. The van der Waals surface area contributed by atoms with Gasteiger partial charge in [-0.2, -0.15) is 5.26 Å². The van der Waals surface area contributed by atoms with Gasteiger partial charge in [-0.3, -0.25) is 4.79 Å². The molecule has 1 aromatic carbocycles. The molecule has 3 nitrogen and oxygen atoms in total. The largest absolute Gasteiger partial charge is 0.379 e. The number of allylic oxidation sites excluding steroid dienone is 1. The van der Waals surface area contributed by atoms with Gasteiger partial charge in [-0.15, -0.1) is 11.3 Å². The second kappa shape index (κ2) is 5.84. The van der Waals surface area contributed by atoms with Crippen LogP contribution in [0.1, 0.15) is 40.2 Å². The number of ketones is 1. The summed E-state index contributed by atoms with van der Waals surface area (Å²) < 4.78 is 0.728. The summed E-state index contributed by atoms with van der Waals surface area (Å²) in [5, 5.41) is 12.3. The first-order valence-corrected chi connectivity index (χ1v) is 8.40. The van der Waals surface area contributed by atoms with E-state index in [4.69, 9.17) is 16.9 Å². The lowest BCUT2D eigenvalue weighted by Gasteiger charge is -2.33. The van der Waals surface area contributed by atoms with E-state index in [1.165, 1.54) is 4.88 Å². The van der Waals surface area contributed by atoms with Gasteiger partial charge in [0.15, 0.2) is 5.78 Å². The highest BCUT2D eigenvalue weighted by Crippen LogP contribution is 2.37. The quantitative estimate of drug-likeness (QED) is 0.649. The van der Waals surface area contributed by atoms with Crippen molar-refractivity contribution in [2.75, 3.05) is 0 Å². The number of carbonyl (C=O) groups is 1. The van der Waals surface area contributed by atoms with Crippen molar-refractivity contribution in [1.82, 2.24) is 5.32 Å². The Morgan fingerprint density at radius 1 is 1.39 bits per heavy atom. The minimum absolute atomic E-state index is 0.0945. The lowest BCUT2D eigenvalue weighted by Crippen LogP contribution is -2.43. The molecule has 2 aromatic rings. The van der Waals surface area contributed by atoms with Gasteiger partial charge in [-0.1, -0.05) is 11.6 Å². The van der Waals surface area contributed by atoms with E-state index in [9.17, 15) is 4.79 Å². The Morgan fingerprint density at radius 3 is 2.74 bits per heavy atom. The summed E-state index contributed by atoms with van der Waals surface area (Å²) >= 11 is 7.71. The number of thiophene rings is 1. The molecule has 1 aliphatic heterocycles. The monoisotopic (exact) mass is 342 g/mol. The summed E-state index contributed by atoms with van der Waals surface area (Å²) in [5.41, 5.74) is 2.77. The zero-order valence-electron chi connectivity index (χ0n) is 12.8. The maximum Gasteiger partial charge on any atom is 0.187 e. The maximum absolute atomic E-state index is 12.5. The van der Waals surface area contributed by atoms with Crippen LogP contribution in [-0.2, 0) is 6.42 Å². The zero-order valence-corrected chi connectivity index (χ0v) is 14.4. The summed E-state index contributed by atoms with van der Waals surface area (Å²) in [4.78, 5) is 13.7. The van der Waals surface area contributed by atoms with Gasteiger partial charge >= 0.3 is 0 Å². The minimum Gasteiger partial charge on any atom is -0.379 e. The van der Waals surface area contributed by atoms with Crippen molar-refractivity contribution in [1.29, 1.82) is 5.26 Å². The summed E-state index contributed by atoms with van der Waals surface area (Å²) in [5.74, 6) is -0.0945. The number of rotatable bonds is 2. The third kappa shape index (κ3) is 3.31. The van der Waals surface area contributed by atoms with Crippen LogP contribution in [0.3, 0.4) is 0 Å². The molecule has 3 rings (SSSR count). The number of nitrogens with zero attached hydrogens (tertiary/aromatic N) is 1. The van der Waals surface area contributed by atoms with Gasteiger partial charge in [0.2, 0.25) is 0 Å². The fourth-order valence-corrected chi connectivity index (χ4v) is 4.18. The van der Waals surface area contributed by atoms with E-state index in [-0.39, 0.29) is 11.3 Å². The van der Waals surface area contributed by atoms with E-state index in [0.29, 0.717) is 11.1 Å². The predicted octanol–water partition coefficient (Wildman–Crippen LogP) is 4.42. The molecule has 2 heterocycles. The Bertz CT molecular complexity index is 841.